The molecule has 0 bridgehead atoms. The largest absolute Gasteiger partial charge is 0.408 e. The number of H-pyrrole nitrogens is 1. The van der Waals surface area contributed by atoms with E-state index >= 15 is 0 Å². The smallest absolute Gasteiger partial charge is 0.309 e. The summed E-state index contributed by atoms with van der Waals surface area (Å²) in [6.45, 7) is 1.34. The number of esters is 1. The Hall–Kier alpha value is -3.05. The van der Waals surface area contributed by atoms with E-state index in [2.05, 4.69) is 15.5 Å². The summed E-state index contributed by atoms with van der Waals surface area (Å²) < 4.78 is 5.16. The van der Waals surface area contributed by atoms with Gasteiger partial charge in [-0.3, -0.25) is 4.79 Å². The van der Waals surface area contributed by atoms with Crippen LogP contribution in [0.5, 0.6) is 0 Å². The van der Waals surface area contributed by atoms with Crippen molar-refractivity contribution in [3.8, 4) is 0 Å². The van der Waals surface area contributed by atoms with Crippen LogP contribution < -0.4 is 5.43 Å². The fraction of sp³-hybridized carbons (Fsp3) is 0.0526. The van der Waals surface area contributed by atoms with Gasteiger partial charge in [0.15, 0.2) is 0 Å². The average Bonchev–Trinajstić information content (AvgIpc) is 2.98. The van der Waals surface area contributed by atoms with Crippen molar-refractivity contribution in [2.24, 2.45) is 5.10 Å². The highest BCUT2D eigenvalue weighted by Gasteiger charge is 2.04. The van der Waals surface area contributed by atoms with Crippen LogP contribution in [0.2, 0.25) is 5.02 Å². The number of hydrogen-bond donors (Lipinski definition) is 2. The van der Waals surface area contributed by atoms with Crippen molar-refractivity contribution in [2.45, 2.75) is 6.92 Å². The summed E-state index contributed by atoms with van der Waals surface area (Å²) in [6.07, 6.45) is 3.29. The number of halogens is 1. The monoisotopic (exact) mass is 353 g/mol. The molecule has 1 heterocycles. The second-order valence-corrected chi connectivity index (χ2v) is 5.77. The van der Waals surface area contributed by atoms with Crippen LogP contribution in [-0.2, 0) is 9.53 Å². The van der Waals surface area contributed by atoms with E-state index in [0.29, 0.717) is 5.02 Å². The number of hydrazone groups is 1. The molecule has 3 aromatic rings. The van der Waals surface area contributed by atoms with Gasteiger partial charge in [-0.15, -0.1) is 0 Å². The molecule has 0 unspecified atom stereocenters. The van der Waals surface area contributed by atoms with E-state index < -0.39 is 5.97 Å². The van der Waals surface area contributed by atoms with Crippen LogP contribution >= 0.6 is 11.6 Å². The average molecular weight is 354 g/mol. The molecule has 1 aromatic heterocycles. The third-order valence-electron chi connectivity index (χ3n) is 3.35. The molecule has 0 aliphatic rings. The number of aromatic nitrogens is 1. The number of carbonyl (C=O) groups excluding carboxylic acids is 1. The van der Waals surface area contributed by atoms with Crippen molar-refractivity contribution < 1.29 is 9.53 Å². The highest BCUT2D eigenvalue weighted by Crippen LogP contribution is 2.16. The van der Waals surface area contributed by atoms with Crippen LogP contribution in [0, 0.1) is 0 Å². The van der Waals surface area contributed by atoms with Crippen molar-refractivity contribution in [1.29, 1.82) is 0 Å². The number of benzene rings is 2. The van der Waals surface area contributed by atoms with Gasteiger partial charge >= 0.3 is 5.97 Å². The molecular formula is C19H16ClN3O2. The topological polar surface area (TPSA) is 66.5 Å². The molecule has 0 aliphatic heterocycles. The van der Waals surface area contributed by atoms with Crippen molar-refractivity contribution in [2.75, 3.05) is 0 Å². The summed E-state index contributed by atoms with van der Waals surface area (Å²) in [5.41, 5.74) is 5.41. The number of nitrogens with one attached hydrogen (secondary N) is 2. The van der Waals surface area contributed by atoms with Gasteiger partial charge in [-0.1, -0.05) is 41.9 Å². The predicted molar refractivity (Wildman–Crippen MR) is 100 cm³/mol. The maximum absolute atomic E-state index is 11.3. The number of fused-ring (bicyclic) bond motifs is 1. The van der Waals surface area contributed by atoms with Crippen molar-refractivity contribution in [3.05, 3.63) is 76.8 Å². The van der Waals surface area contributed by atoms with Crippen LogP contribution in [0.25, 0.3) is 17.0 Å². The summed E-state index contributed by atoms with van der Waals surface area (Å²) >= 11 is 5.85. The van der Waals surface area contributed by atoms with Crippen molar-refractivity contribution in [3.63, 3.8) is 0 Å². The van der Waals surface area contributed by atoms with E-state index in [1.165, 1.54) is 6.92 Å². The molecule has 0 amide bonds. The van der Waals surface area contributed by atoms with E-state index in [-0.39, 0.29) is 5.88 Å². The number of hydrogen-bond acceptors (Lipinski definition) is 4. The molecule has 6 heteroatoms. The highest BCUT2D eigenvalue weighted by atomic mass is 35.5. The lowest BCUT2D eigenvalue weighted by Crippen LogP contribution is -2.12. The third-order valence-corrected chi connectivity index (χ3v) is 3.60. The number of nitrogens with zero attached hydrogens (tertiary/aromatic N) is 1. The Morgan fingerprint density at radius 1 is 1.20 bits per heavy atom. The van der Waals surface area contributed by atoms with Crippen molar-refractivity contribution in [1.82, 2.24) is 10.4 Å². The van der Waals surface area contributed by atoms with E-state index in [0.717, 1.165) is 22.2 Å². The van der Waals surface area contributed by atoms with Crippen LogP contribution in [0.15, 0.2) is 65.6 Å². The first kappa shape index (κ1) is 16.8. The number of para-hydroxylation sites is 1. The zero-order valence-corrected chi connectivity index (χ0v) is 14.2. The van der Waals surface area contributed by atoms with E-state index in [4.69, 9.17) is 16.3 Å². The first-order chi connectivity index (χ1) is 12.1. The quantitative estimate of drug-likeness (QED) is 0.311. The summed E-state index contributed by atoms with van der Waals surface area (Å²) in [5.74, 6) is -0.208. The van der Waals surface area contributed by atoms with Crippen LogP contribution in [0.4, 0.5) is 0 Å². The van der Waals surface area contributed by atoms with E-state index in [1.807, 2.05) is 42.5 Å². The minimum atomic E-state index is -0.434. The second-order valence-electron chi connectivity index (χ2n) is 5.34. The Labute approximate surface area is 150 Å². The fourth-order valence-corrected chi connectivity index (χ4v) is 2.40. The number of carbonyl (C=O) groups is 1. The molecule has 126 valence electrons. The summed E-state index contributed by atoms with van der Waals surface area (Å²) in [7, 11) is 0. The Morgan fingerprint density at radius 2 is 1.96 bits per heavy atom. The van der Waals surface area contributed by atoms with Gasteiger partial charge in [-0.2, -0.15) is 5.10 Å². The molecule has 0 saturated heterocycles. The zero-order valence-electron chi connectivity index (χ0n) is 13.5. The SMILES string of the molecule is CC(=O)O/C(=C\c1cc2ccccc2[nH]1)N/N=C\c1ccc(Cl)cc1. The van der Waals surface area contributed by atoms with Gasteiger partial charge in [0, 0.05) is 29.2 Å². The minimum absolute atomic E-state index is 0.226. The fourth-order valence-electron chi connectivity index (χ4n) is 2.27. The van der Waals surface area contributed by atoms with Gasteiger partial charge < -0.3 is 9.72 Å². The predicted octanol–water partition coefficient (Wildman–Crippen LogP) is 4.31. The number of rotatable bonds is 5. The molecule has 0 saturated carbocycles. The van der Waals surface area contributed by atoms with Crippen molar-refractivity contribution >= 4 is 40.8 Å². The van der Waals surface area contributed by atoms with Crippen LogP contribution in [0.3, 0.4) is 0 Å². The van der Waals surface area contributed by atoms with Gasteiger partial charge in [-0.25, -0.2) is 5.43 Å². The van der Waals surface area contributed by atoms with Gasteiger partial charge in [0.25, 0.3) is 0 Å². The molecule has 0 atom stereocenters. The molecule has 0 fully saturated rings. The molecule has 5 nitrogen and oxygen atoms in total. The third kappa shape index (κ3) is 4.71. The van der Waals surface area contributed by atoms with E-state index in [1.54, 1.807) is 24.4 Å². The molecule has 3 rings (SSSR count). The molecule has 0 spiro atoms. The first-order valence-electron chi connectivity index (χ1n) is 7.63. The van der Waals surface area contributed by atoms with Crippen LogP contribution in [-0.4, -0.2) is 17.2 Å². The van der Waals surface area contributed by atoms with Gasteiger partial charge in [0.05, 0.1) is 6.21 Å². The standard InChI is InChI=1S/C19H16ClN3O2/c1-13(24)25-19(23-21-12-14-6-8-16(20)9-7-14)11-17-10-15-4-2-3-5-18(15)22-17/h2-12,22-23H,1H3/b19-11-,21-12-. The Morgan fingerprint density at radius 3 is 2.68 bits per heavy atom. The summed E-state index contributed by atoms with van der Waals surface area (Å²) in [4.78, 5) is 14.5. The van der Waals surface area contributed by atoms with Gasteiger partial charge in [0.1, 0.15) is 0 Å². The summed E-state index contributed by atoms with van der Waals surface area (Å²) in [5, 5.41) is 5.82. The number of ether oxygens (including phenoxy) is 1. The lowest BCUT2D eigenvalue weighted by Gasteiger charge is -2.05. The van der Waals surface area contributed by atoms with E-state index in [9.17, 15) is 4.79 Å². The molecule has 2 aromatic carbocycles. The lowest BCUT2D eigenvalue weighted by molar-refractivity contribution is -0.137. The lowest BCUT2D eigenvalue weighted by atomic mass is 10.2. The second kappa shape index (κ2) is 7.68. The Balaban J connectivity index is 1.78. The first-order valence-corrected chi connectivity index (χ1v) is 8.00. The molecule has 2 N–H and O–H groups in total. The maximum atomic E-state index is 11.3. The number of aromatic amines is 1. The Bertz CT molecular complexity index is 910. The molecular weight excluding hydrogens is 338 g/mol. The van der Waals surface area contributed by atoms with Crippen LogP contribution in [0.1, 0.15) is 18.2 Å². The molecule has 0 aliphatic carbocycles. The van der Waals surface area contributed by atoms with Gasteiger partial charge in [-0.05, 0) is 35.2 Å². The Kier molecular flexibility index (Phi) is 5.16. The normalized spacial score (nSPS) is 11.8. The molecule has 0 radical (unpaired) electrons. The zero-order chi connectivity index (χ0) is 17.6. The summed E-state index contributed by atoms with van der Waals surface area (Å²) in [6, 6.07) is 17.1. The minimum Gasteiger partial charge on any atom is -0.408 e. The highest BCUT2D eigenvalue weighted by molar-refractivity contribution is 6.30. The molecule has 25 heavy (non-hydrogen) atoms. The van der Waals surface area contributed by atoms with Gasteiger partial charge in [0.2, 0.25) is 5.88 Å². The maximum Gasteiger partial charge on any atom is 0.309 e.